The molecule has 1 heterocycles. The lowest BCUT2D eigenvalue weighted by Gasteiger charge is -2.43. The van der Waals surface area contributed by atoms with Crippen LogP contribution in [-0.2, 0) is 6.42 Å². The Morgan fingerprint density at radius 1 is 1.12 bits per heavy atom. The molecule has 1 aromatic heterocycles. The smallest absolute Gasteiger partial charge is 0.0852 e. The minimum absolute atomic E-state index is 0.402. The molecule has 1 N–H and O–H groups in total. The van der Waals surface area contributed by atoms with Gasteiger partial charge in [0.15, 0.2) is 0 Å². The molecular weight excluding hydrogens is 316 g/mol. The first-order valence-electron chi connectivity index (χ1n) is 9.52. The van der Waals surface area contributed by atoms with Crippen LogP contribution >= 0.6 is 11.6 Å². The molecular formula is C21H35ClN2. The van der Waals surface area contributed by atoms with Crippen molar-refractivity contribution in [3.8, 4) is 0 Å². The third-order valence-corrected chi connectivity index (χ3v) is 5.90. The largest absolute Gasteiger partial charge is 0.381 e. The molecule has 3 heteroatoms. The highest BCUT2D eigenvalue weighted by molar-refractivity contribution is 6.33. The molecule has 136 valence electrons. The number of nitrogens with zero attached hydrogens (tertiary/aromatic N) is 1. The third kappa shape index (κ3) is 5.12. The summed E-state index contributed by atoms with van der Waals surface area (Å²) < 4.78 is 0. The van der Waals surface area contributed by atoms with E-state index in [4.69, 9.17) is 11.6 Å². The molecule has 1 aliphatic rings. The van der Waals surface area contributed by atoms with Gasteiger partial charge >= 0.3 is 0 Å². The zero-order valence-corrected chi connectivity index (χ0v) is 17.1. The number of anilines is 1. The van der Waals surface area contributed by atoms with Gasteiger partial charge in [-0.3, -0.25) is 4.98 Å². The Labute approximate surface area is 153 Å². The van der Waals surface area contributed by atoms with Crippen LogP contribution in [0.4, 0.5) is 5.69 Å². The van der Waals surface area contributed by atoms with Gasteiger partial charge in [-0.25, -0.2) is 0 Å². The van der Waals surface area contributed by atoms with Gasteiger partial charge in [-0.05, 0) is 61.3 Å². The van der Waals surface area contributed by atoms with Gasteiger partial charge < -0.3 is 5.32 Å². The monoisotopic (exact) mass is 350 g/mol. The van der Waals surface area contributed by atoms with Crippen molar-refractivity contribution in [1.82, 2.24) is 4.98 Å². The summed E-state index contributed by atoms with van der Waals surface area (Å²) >= 11 is 6.48. The van der Waals surface area contributed by atoms with E-state index in [0.717, 1.165) is 28.7 Å². The highest BCUT2D eigenvalue weighted by Crippen LogP contribution is 2.45. The minimum atomic E-state index is 0.402. The maximum Gasteiger partial charge on any atom is 0.0852 e. The standard InChI is InChI=1S/C21H35ClN2/c1-7-17-19(22)18(12-13-23-17)24-16-10-8-15(9-11-16)21(5,6)14-20(2,3)4/h12-13,15-16H,7-11,14H2,1-6H3,(H,23,24). The van der Waals surface area contributed by atoms with Crippen LogP contribution in [0.15, 0.2) is 12.3 Å². The van der Waals surface area contributed by atoms with Crippen molar-refractivity contribution in [3.63, 3.8) is 0 Å². The summed E-state index contributed by atoms with van der Waals surface area (Å²) in [6.45, 7) is 14.1. The normalized spacial score (nSPS) is 22.5. The molecule has 1 saturated carbocycles. The number of hydrogen-bond donors (Lipinski definition) is 1. The Bertz CT molecular complexity index is 537. The summed E-state index contributed by atoms with van der Waals surface area (Å²) in [4.78, 5) is 4.36. The lowest BCUT2D eigenvalue weighted by Crippen LogP contribution is -2.35. The molecule has 0 saturated heterocycles. The second-order valence-electron chi connectivity index (χ2n) is 9.39. The van der Waals surface area contributed by atoms with E-state index in [-0.39, 0.29) is 0 Å². The van der Waals surface area contributed by atoms with Gasteiger partial charge in [0.25, 0.3) is 0 Å². The number of rotatable bonds is 5. The van der Waals surface area contributed by atoms with Crippen LogP contribution in [0.25, 0.3) is 0 Å². The molecule has 0 radical (unpaired) electrons. The Balaban J connectivity index is 1.94. The highest BCUT2D eigenvalue weighted by atomic mass is 35.5. The summed E-state index contributed by atoms with van der Waals surface area (Å²) in [6.07, 6.45) is 9.12. The van der Waals surface area contributed by atoms with Gasteiger partial charge in [0.2, 0.25) is 0 Å². The molecule has 2 nitrogen and oxygen atoms in total. The van der Waals surface area contributed by atoms with Crippen LogP contribution in [0.5, 0.6) is 0 Å². The lowest BCUT2D eigenvalue weighted by molar-refractivity contribution is 0.0969. The number of pyridine rings is 1. The van der Waals surface area contributed by atoms with E-state index in [1.54, 1.807) is 0 Å². The Morgan fingerprint density at radius 3 is 2.29 bits per heavy atom. The number of nitrogens with one attached hydrogen (secondary N) is 1. The fourth-order valence-corrected chi connectivity index (χ4v) is 4.90. The topological polar surface area (TPSA) is 24.9 Å². The Kier molecular flexibility index (Phi) is 6.23. The average molecular weight is 351 g/mol. The van der Waals surface area contributed by atoms with Crippen LogP contribution in [-0.4, -0.2) is 11.0 Å². The Hall–Kier alpha value is -0.760. The quantitative estimate of drug-likeness (QED) is 0.636. The first kappa shape index (κ1) is 19.6. The molecule has 1 aromatic rings. The number of halogens is 1. The third-order valence-electron chi connectivity index (χ3n) is 5.47. The fraction of sp³-hybridized carbons (Fsp3) is 0.762. The molecule has 0 bridgehead atoms. The Morgan fingerprint density at radius 2 is 1.75 bits per heavy atom. The van der Waals surface area contributed by atoms with E-state index in [9.17, 15) is 0 Å². The van der Waals surface area contributed by atoms with E-state index in [0.29, 0.717) is 16.9 Å². The van der Waals surface area contributed by atoms with Gasteiger partial charge in [0.05, 0.1) is 16.4 Å². The lowest BCUT2D eigenvalue weighted by atomic mass is 9.64. The minimum Gasteiger partial charge on any atom is -0.381 e. The van der Waals surface area contributed by atoms with Crippen LogP contribution < -0.4 is 5.32 Å². The maximum absolute atomic E-state index is 6.48. The second kappa shape index (κ2) is 7.64. The summed E-state index contributed by atoms with van der Waals surface area (Å²) in [5.41, 5.74) is 2.87. The molecule has 0 atom stereocenters. The number of hydrogen-bond acceptors (Lipinski definition) is 2. The van der Waals surface area contributed by atoms with E-state index in [1.807, 2.05) is 12.3 Å². The van der Waals surface area contributed by atoms with Gasteiger partial charge in [-0.15, -0.1) is 0 Å². The summed E-state index contributed by atoms with van der Waals surface area (Å²) in [6, 6.07) is 2.55. The second-order valence-corrected chi connectivity index (χ2v) is 9.77. The van der Waals surface area contributed by atoms with E-state index >= 15 is 0 Å². The molecule has 0 aliphatic heterocycles. The molecule has 24 heavy (non-hydrogen) atoms. The van der Waals surface area contributed by atoms with Crippen LogP contribution in [0.3, 0.4) is 0 Å². The van der Waals surface area contributed by atoms with Crippen molar-refractivity contribution in [2.24, 2.45) is 16.7 Å². The van der Waals surface area contributed by atoms with Crippen molar-refractivity contribution in [2.45, 2.75) is 86.1 Å². The fourth-order valence-electron chi connectivity index (χ4n) is 4.60. The highest BCUT2D eigenvalue weighted by Gasteiger charge is 2.35. The predicted molar refractivity (Wildman–Crippen MR) is 106 cm³/mol. The zero-order chi connectivity index (χ0) is 18.0. The molecule has 0 spiro atoms. The number of aromatic nitrogens is 1. The maximum atomic E-state index is 6.48. The zero-order valence-electron chi connectivity index (χ0n) is 16.4. The summed E-state index contributed by atoms with van der Waals surface area (Å²) in [5.74, 6) is 0.828. The van der Waals surface area contributed by atoms with Crippen LogP contribution in [0.2, 0.25) is 5.02 Å². The molecule has 1 aliphatic carbocycles. The average Bonchev–Trinajstić information content (AvgIpc) is 2.47. The van der Waals surface area contributed by atoms with Gasteiger partial charge in [-0.1, -0.05) is 53.1 Å². The molecule has 0 amide bonds. The summed E-state index contributed by atoms with van der Waals surface area (Å²) in [7, 11) is 0. The molecule has 0 unspecified atom stereocenters. The van der Waals surface area contributed by atoms with E-state index < -0.39 is 0 Å². The van der Waals surface area contributed by atoms with Gasteiger partial charge in [0.1, 0.15) is 0 Å². The van der Waals surface area contributed by atoms with Gasteiger partial charge in [0, 0.05) is 12.2 Å². The molecule has 1 fully saturated rings. The predicted octanol–water partition coefficient (Wildman–Crippen LogP) is 6.73. The first-order valence-corrected chi connectivity index (χ1v) is 9.90. The van der Waals surface area contributed by atoms with E-state index in [2.05, 4.69) is 51.8 Å². The van der Waals surface area contributed by atoms with Crippen molar-refractivity contribution >= 4 is 17.3 Å². The van der Waals surface area contributed by atoms with Gasteiger partial charge in [-0.2, -0.15) is 0 Å². The van der Waals surface area contributed by atoms with Crippen molar-refractivity contribution < 1.29 is 0 Å². The first-order chi connectivity index (χ1) is 11.1. The van der Waals surface area contributed by atoms with Crippen molar-refractivity contribution in [3.05, 3.63) is 23.0 Å². The van der Waals surface area contributed by atoms with Crippen molar-refractivity contribution in [2.75, 3.05) is 5.32 Å². The number of aryl methyl sites for hydroxylation is 1. The molecule has 0 aromatic carbocycles. The van der Waals surface area contributed by atoms with Crippen LogP contribution in [0, 0.1) is 16.7 Å². The SMILES string of the molecule is CCc1nccc(NC2CCC(C(C)(C)CC(C)(C)C)CC2)c1Cl. The van der Waals surface area contributed by atoms with E-state index in [1.165, 1.54) is 32.1 Å². The molecule has 2 rings (SSSR count). The summed E-state index contributed by atoms with van der Waals surface area (Å²) in [5, 5.41) is 4.47. The van der Waals surface area contributed by atoms with Crippen LogP contribution in [0.1, 0.15) is 79.3 Å². The van der Waals surface area contributed by atoms with Crippen molar-refractivity contribution in [1.29, 1.82) is 0 Å².